The molecule has 0 radical (unpaired) electrons. The van der Waals surface area contributed by atoms with Gasteiger partial charge in [-0.05, 0) is 29.8 Å². The van der Waals surface area contributed by atoms with Crippen LogP contribution in [0.4, 0.5) is 8.78 Å². The molecule has 6 heteroatoms. The first-order valence-corrected chi connectivity index (χ1v) is 7.16. The molecule has 0 aliphatic carbocycles. The van der Waals surface area contributed by atoms with Gasteiger partial charge < -0.3 is 4.74 Å². The van der Waals surface area contributed by atoms with Gasteiger partial charge in [-0.1, -0.05) is 33.6 Å². The van der Waals surface area contributed by atoms with E-state index < -0.39 is 17.0 Å². The molecule has 0 saturated heterocycles. The van der Waals surface area contributed by atoms with E-state index in [-0.39, 0.29) is 5.56 Å². The molecule has 0 aliphatic heterocycles. The molecule has 0 heterocycles. The second-order valence-corrected chi connectivity index (χ2v) is 5.80. The summed E-state index contributed by atoms with van der Waals surface area (Å²) in [7, 11) is 1.48. The van der Waals surface area contributed by atoms with Gasteiger partial charge in [0.1, 0.15) is 17.4 Å². The van der Waals surface area contributed by atoms with Crippen LogP contribution in [0, 0.1) is 11.6 Å². The number of hydrogen-bond donors (Lipinski definition) is 0. The van der Waals surface area contributed by atoms with Crippen molar-refractivity contribution in [2.24, 2.45) is 0 Å². The van der Waals surface area contributed by atoms with Crippen LogP contribution in [0.25, 0.3) is 0 Å². The van der Waals surface area contributed by atoms with Crippen LogP contribution in [-0.2, 0) is 0 Å². The molecule has 2 aromatic rings. The summed E-state index contributed by atoms with van der Waals surface area (Å²) >= 11 is 15.2. The van der Waals surface area contributed by atoms with Crippen molar-refractivity contribution in [3.05, 3.63) is 62.6 Å². The summed E-state index contributed by atoms with van der Waals surface area (Å²) < 4.78 is 33.1. The van der Waals surface area contributed by atoms with Crippen molar-refractivity contribution in [3.63, 3.8) is 0 Å². The number of halogens is 5. The van der Waals surface area contributed by atoms with Gasteiger partial charge >= 0.3 is 0 Å². The zero-order chi connectivity index (χ0) is 14.9. The highest BCUT2D eigenvalue weighted by atomic mass is 79.9. The number of ether oxygens (including phenoxy) is 1. The van der Waals surface area contributed by atoms with E-state index in [4.69, 9.17) is 27.9 Å². The maximum absolute atomic E-state index is 13.9. The first-order valence-electron chi connectivity index (χ1n) is 5.56. The average molecular weight is 382 g/mol. The Bertz CT molecular complexity index is 626. The van der Waals surface area contributed by atoms with Gasteiger partial charge in [-0.3, -0.25) is 0 Å². The van der Waals surface area contributed by atoms with Crippen molar-refractivity contribution < 1.29 is 13.5 Å². The SMILES string of the molecule is COc1ccc(C(Cl)c2c(F)cc(Br)cc2F)cc1Cl. The molecular formula is C14H9BrCl2F2O. The topological polar surface area (TPSA) is 9.23 Å². The number of methoxy groups -OCH3 is 1. The third kappa shape index (κ3) is 3.08. The van der Waals surface area contributed by atoms with Crippen LogP contribution in [-0.4, -0.2) is 7.11 Å². The normalized spacial score (nSPS) is 12.3. The molecule has 1 unspecified atom stereocenters. The molecule has 2 rings (SSSR count). The number of alkyl halides is 1. The van der Waals surface area contributed by atoms with Crippen molar-refractivity contribution in [1.82, 2.24) is 0 Å². The Hall–Kier alpha value is -0.840. The summed E-state index contributed by atoms with van der Waals surface area (Å²) in [5.74, 6) is -0.969. The Labute approximate surface area is 133 Å². The summed E-state index contributed by atoms with van der Waals surface area (Å²) in [5.41, 5.74) is 0.272. The molecule has 0 aromatic heterocycles. The van der Waals surface area contributed by atoms with Crippen LogP contribution in [0.2, 0.25) is 5.02 Å². The molecule has 0 spiro atoms. The Morgan fingerprint density at radius 3 is 2.25 bits per heavy atom. The van der Waals surface area contributed by atoms with E-state index in [1.54, 1.807) is 12.1 Å². The second-order valence-electron chi connectivity index (χ2n) is 4.04. The van der Waals surface area contributed by atoms with E-state index in [1.807, 2.05) is 0 Å². The Balaban J connectivity index is 2.46. The van der Waals surface area contributed by atoms with E-state index >= 15 is 0 Å². The smallest absolute Gasteiger partial charge is 0.137 e. The number of rotatable bonds is 3. The van der Waals surface area contributed by atoms with E-state index in [2.05, 4.69) is 15.9 Å². The van der Waals surface area contributed by atoms with Crippen LogP contribution >= 0.6 is 39.1 Å². The van der Waals surface area contributed by atoms with Gasteiger partial charge in [0.25, 0.3) is 0 Å². The molecular weight excluding hydrogens is 373 g/mol. The fraction of sp³-hybridized carbons (Fsp3) is 0.143. The molecule has 0 fully saturated rings. The highest BCUT2D eigenvalue weighted by Crippen LogP contribution is 2.37. The molecule has 0 N–H and O–H groups in total. The summed E-state index contributed by atoms with van der Waals surface area (Å²) in [6, 6.07) is 7.07. The monoisotopic (exact) mass is 380 g/mol. The van der Waals surface area contributed by atoms with Gasteiger partial charge in [-0.2, -0.15) is 0 Å². The molecule has 20 heavy (non-hydrogen) atoms. The van der Waals surface area contributed by atoms with Crippen molar-refractivity contribution in [2.45, 2.75) is 5.38 Å². The molecule has 0 amide bonds. The predicted molar refractivity (Wildman–Crippen MR) is 79.8 cm³/mol. The molecule has 1 atom stereocenters. The Kier molecular flexibility index (Phi) is 4.89. The van der Waals surface area contributed by atoms with Gasteiger partial charge in [-0.25, -0.2) is 8.78 Å². The first-order chi connectivity index (χ1) is 9.43. The zero-order valence-electron chi connectivity index (χ0n) is 10.3. The van der Waals surface area contributed by atoms with Crippen LogP contribution < -0.4 is 4.74 Å². The Morgan fingerprint density at radius 2 is 1.75 bits per heavy atom. The van der Waals surface area contributed by atoms with E-state index in [0.29, 0.717) is 20.8 Å². The van der Waals surface area contributed by atoms with Gasteiger partial charge in [0.15, 0.2) is 0 Å². The summed E-state index contributed by atoms with van der Waals surface area (Å²) in [4.78, 5) is 0. The lowest BCUT2D eigenvalue weighted by Gasteiger charge is -2.14. The molecule has 0 bridgehead atoms. The van der Waals surface area contributed by atoms with Crippen molar-refractivity contribution >= 4 is 39.1 Å². The maximum atomic E-state index is 13.9. The van der Waals surface area contributed by atoms with Crippen LogP contribution in [0.15, 0.2) is 34.8 Å². The fourth-order valence-electron chi connectivity index (χ4n) is 1.80. The predicted octanol–water partition coefficient (Wildman–Crippen LogP) is 5.72. The van der Waals surface area contributed by atoms with Crippen LogP contribution in [0.5, 0.6) is 5.75 Å². The van der Waals surface area contributed by atoms with E-state index in [1.165, 1.54) is 25.3 Å². The highest BCUT2D eigenvalue weighted by molar-refractivity contribution is 9.10. The minimum Gasteiger partial charge on any atom is -0.495 e. The van der Waals surface area contributed by atoms with E-state index in [9.17, 15) is 8.78 Å². The van der Waals surface area contributed by atoms with Crippen molar-refractivity contribution in [3.8, 4) is 5.75 Å². The molecule has 106 valence electrons. The lowest BCUT2D eigenvalue weighted by atomic mass is 10.0. The van der Waals surface area contributed by atoms with Crippen LogP contribution in [0.3, 0.4) is 0 Å². The standard InChI is InChI=1S/C14H9BrCl2F2O/c1-20-12-3-2-7(4-9(12)16)14(17)13-10(18)5-8(15)6-11(13)19/h2-6,14H,1H3. The number of benzene rings is 2. The molecule has 2 aromatic carbocycles. The lowest BCUT2D eigenvalue weighted by Crippen LogP contribution is -2.01. The van der Waals surface area contributed by atoms with Crippen molar-refractivity contribution in [1.29, 1.82) is 0 Å². The molecule has 0 aliphatic rings. The minimum atomic E-state index is -0.980. The third-order valence-corrected chi connectivity index (χ3v) is 3.99. The summed E-state index contributed by atoms with van der Waals surface area (Å²) in [5, 5.41) is -0.653. The Morgan fingerprint density at radius 1 is 1.15 bits per heavy atom. The third-order valence-electron chi connectivity index (χ3n) is 2.77. The fourth-order valence-corrected chi connectivity index (χ4v) is 2.81. The molecule has 1 nitrogen and oxygen atoms in total. The second kappa shape index (κ2) is 6.29. The van der Waals surface area contributed by atoms with E-state index in [0.717, 1.165) is 0 Å². The van der Waals surface area contributed by atoms with Gasteiger partial charge in [0, 0.05) is 10.0 Å². The van der Waals surface area contributed by atoms with Crippen LogP contribution in [0.1, 0.15) is 16.5 Å². The quantitative estimate of drug-likeness (QED) is 0.618. The lowest BCUT2D eigenvalue weighted by molar-refractivity contribution is 0.415. The first kappa shape index (κ1) is 15.5. The largest absolute Gasteiger partial charge is 0.495 e. The molecule has 0 saturated carbocycles. The number of hydrogen-bond acceptors (Lipinski definition) is 1. The maximum Gasteiger partial charge on any atom is 0.137 e. The zero-order valence-corrected chi connectivity index (χ0v) is 13.4. The average Bonchev–Trinajstić information content (AvgIpc) is 2.37. The highest BCUT2D eigenvalue weighted by Gasteiger charge is 2.21. The summed E-state index contributed by atoms with van der Waals surface area (Å²) in [6.07, 6.45) is 0. The van der Waals surface area contributed by atoms with Gasteiger partial charge in [-0.15, -0.1) is 11.6 Å². The van der Waals surface area contributed by atoms with Gasteiger partial charge in [0.2, 0.25) is 0 Å². The van der Waals surface area contributed by atoms with Gasteiger partial charge in [0.05, 0.1) is 17.5 Å². The van der Waals surface area contributed by atoms with Crippen molar-refractivity contribution in [2.75, 3.05) is 7.11 Å². The summed E-state index contributed by atoms with van der Waals surface area (Å²) in [6.45, 7) is 0. The minimum absolute atomic E-state index is 0.212.